The van der Waals surface area contributed by atoms with E-state index in [1.807, 2.05) is 13.8 Å². The molecule has 2 amide bonds. The molecule has 0 radical (unpaired) electrons. The predicted octanol–water partition coefficient (Wildman–Crippen LogP) is 1.85. The number of nitrogens with zero attached hydrogens (tertiary/aromatic N) is 1. The number of nitrogens with one attached hydrogen (secondary N) is 1. The minimum Gasteiger partial charge on any atom is -0.378 e. The van der Waals surface area contributed by atoms with Crippen LogP contribution in [0.1, 0.15) is 59.8 Å². The molecule has 5 heteroatoms. The summed E-state index contributed by atoms with van der Waals surface area (Å²) in [4.78, 5) is 26.9. The number of hydrogen-bond donors (Lipinski definition) is 1. The minimum absolute atomic E-state index is 0.0128. The van der Waals surface area contributed by atoms with E-state index in [-0.39, 0.29) is 11.8 Å². The van der Waals surface area contributed by atoms with Gasteiger partial charge < -0.3 is 15.0 Å². The fourth-order valence-electron chi connectivity index (χ4n) is 3.20. The van der Waals surface area contributed by atoms with Crippen LogP contribution in [0.15, 0.2) is 0 Å². The Kier molecular flexibility index (Phi) is 4.61. The van der Waals surface area contributed by atoms with Gasteiger partial charge in [0.25, 0.3) is 0 Å². The van der Waals surface area contributed by atoms with Crippen molar-refractivity contribution in [3.05, 3.63) is 0 Å². The van der Waals surface area contributed by atoms with Crippen molar-refractivity contribution in [1.29, 1.82) is 0 Å². The first-order valence-corrected chi connectivity index (χ1v) is 8.07. The van der Waals surface area contributed by atoms with E-state index in [4.69, 9.17) is 4.74 Å². The molecule has 2 aliphatic rings. The van der Waals surface area contributed by atoms with Gasteiger partial charge in [-0.25, -0.2) is 0 Å². The molecule has 1 N–H and O–H groups in total. The summed E-state index contributed by atoms with van der Waals surface area (Å²) < 4.78 is 5.63. The van der Waals surface area contributed by atoms with E-state index in [1.165, 1.54) is 0 Å². The average Bonchev–Trinajstić information content (AvgIpc) is 2.93. The van der Waals surface area contributed by atoms with Crippen LogP contribution in [0.5, 0.6) is 0 Å². The summed E-state index contributed by atoms with van der Waals surface area (Å²) in [6.45, 7) is 8.85. The molecule has 2 rings (SSSR count). The molecule has 0 spiro atoms. The number of carbonyl (C=O) groups is 2. The van der Waals surface area contributed by atoms with Crippen LogP contribution in [0.25, 0.3) is 0 Å². The second kappa shape index (κ2) is 5.95. The average molecular weight is 296 g/mol. The van der Waals surface area contributed by atoms with E-state index < -0.39 is 11.1 Å². The van der Waals surface area contributed by atoms with Crippen LogP contribution < -0.4 is 5.32 Å². The lowest BCUT2D eigenvalue weighted by atomic mass is 9.86. The molecule has 2 unspecified atom stereocenters. The Morgan fingerprint density at radius 2 is 2.05 bits per heavy atom. The Bertz CT molecular complexity index is 416. The number of hydrogen-bond acceptors (Lipinski definition) is 3. The van der Waals surface area contributed by atoms with Gasteiger partial charge in [-0.15, -0.1) is 0 Å². The van der Waals surface area contributed by atoms with Crippen LogP contribution >= 0.6 is 0 Å². The SMILES string of the molecule is CCC1(C)C(=O)NC(C)(C)C(=O)N1CCCC1CCCO1. The van der Waals surface area contributed by atoms with Crippen LogP contribution in [0, 0.1) is 0 Å². The second-order valence-electron chi connectivity index (χ2n) is 6.94. The molecule has 2 atom stereocenters. The summed E-state index contributed by atoms with van der Waals surface area (Å²) in [5, 5.41) is 2.85. The third kappa shape index (κ3) is 3.07. The Morgan fingerprint density at radius 1 is 1.33 bits per heavy atom. The quantitative estimate of drug-likeness (QED) is 0.842. The molecule has 0 bridgehead atoms. The van der Waals surface area contributed by atoms with Gasteiger partial charge in [0, 0.05) is 13.2 Å². The van der Waals surface area contributed by atoms with Gasteiger partial charge in [0.2, 0.25) is 11.8 Å². The highest BCUT2D eigenvalue weighted by Crippen LogP contribution is 2.29. The van der Waals surface area contributed by atoms with E-state index >= 15 is 0 Å². The van der Waals surface area contributed by atoms with Gasteiger partial charge in [0.05, 0.1) is 6.10 Å². The summed E-state index contributed by atoms with van der Waals surface area (Å²) in [5.74, 6) is -0.0366. The van der Waals surface area contributed by atoms with Crippen molar-refractivity contribution in [1.82, 2.24) is 10.2 Å². The number of piperazine rings is 1. The standard InChI is InChI=1S/C16H28N2O3/c1-5-16(4)13(19)17-15(2,3)14(20)18(16)10-6-8-12-9-7-11-21-12/h12H,5-11H2,1-4H3,(H,17,19). The maximum absolute atomic E-state index is 12.7. The first kappa shape index (κ1) is 16.3. The van der Waals surface area contributed by atoms with Crippen LogP contribution in [-0.2, 0) is 14.3 Å². The summed E-state index contributed by atoms with van der Waals surface area (Å²) in [7, 11) is 0. The number of rotatable bonds is 5. The maximum atomic E-state index is 12.7. The van der Waals surface area contributed by atoms with Crippen LogP contribution in [0.2, 0.25) is 0 Å². The summed E-state index contributed by atoms with van der Waals surface area (Å²) in [6.07, 6.45) is 5.06. The molecule has 0 saturated carbocycles. The van der Waals surface area contributed by atoms with Crippen molar-refractivity contribution in [2.75, 3.05) is 13.2 Å². The zero-order chi connectivity index (χ0) is 15.7. The predicted molar refractivity (Wildman–Crippen MR) is 80.8 cm³/mol. The summed E-state index contributed by atoms with van der Waals surface area (Å²) >= 11 is 0. The zero-order valence-corrected chi connectivity index (χ0v) is 13.7. The van der Waals surface area contributed by atoms with Crippen molar-refractivity contribution in [3.8, 4) is 0 Å². The van der Waals surface area contributed by atoms with Crippen LogP contribution in [0.4, 0.5) is 0 Å². The van der Waals surface area contributed by atoms with Crippen molar-refractivity contribution in [2.24, 2.45) is 0 Å². The first-order chi connectivity index (χ1) is 9.81. The second-order valence-corrected chi connectivity index (χ2v) is 6.94. The molecular weight excluding hydrogens is 268 g/mol. The summed E-state index contributed by atoms with van der Waals surface area (Å²) in [6, 6.07) is 0. The van der Waals surface area contributed by atoms with Gasteiger partial charge in [-0.3, -0.25) is 9.59 Å². The van der Waals surface area contributed by atoms with Crippen LogP contribution in [-0.4, -0.2) is 47.0 Å². The monoisotopic (exact) mass is 296 g/mol. The Hall–Kier alpha value is -1.10. The third-order valence-corrected chi connectivity index (χ3v) is 4.91. The Morgan fingerprint density at radius 3 is 2.62 bits per heavy atom. The molecule has 2 fully saturated rings. The molecule has 2 saturated heterocycles. The molecule has 0 aromatic heterocycles. The van der Waals surface area contributed by atoms with Crippen molar-refractivity contribution in [2.45, 2.75) is 77.0 Å². The highest BCUT2D eigenvalue weighted by atomic mass is 16.5. The van der Waals surface area contributed by atoms with Gasteiger partial charge in [-0.05, 0) is 52.9 Å². The molecule has 120 valence electrons. The molecule has 2 aliphatic heterocycles. The van der Waals surface area contributed by atoms with Gasteiger partial charge in [-0.2, -0.15) is 0 Å². The van der Waals surface area contributed by atoms with E-state index in [9.17, 15) is 9.59 Å². The Balaban J connectivity index is 2.04. The van der Waals surface area contributed by atoms with Crippen LogP contribution in [0.3, 0.4) is 0 Å². The Labute approximate surface area is 127 Å². The first-order valence-electron chi connectivity index (χ1n) is 8.07. The molecule has 0 aromatic carbocycles. The lowest BCUT2D eigenvalue weighted by Crippen LogP contribution is -2.73. The fourth-order valence-corrected chi connectivity index (χ4v) is 3.20. The van der Waals surface area contributed by atoms with Gasteiger partial charge >= 0.3 is 0 Å². The van der Waals surface area contributed by atoms with Gasteiger partial charge in [0.1, 0.15) is 11.1 Å². The molecule has 0 aromatic rings. The molecule has 21 heavy (non-hydrogen) atoms. The smallest absolute Gasteiger partial charge is 0.248 e. The number of ether oxygens (including phenoxy) is 1. The van der Waals surface area contributed by atoms with E-state index in [1.54, 1.807) is 18.7 Å². The van der Waals surface area contributed by atoms with Crippen molar-refractivity contribution in [3.63, 3.8) is 0 Å². The van der Waals surface area contributed by atoms with Gasteiger partial charge in [-0.1, -0.05) is 6.92 Å². The lowest BCUT2D eigenvalue weighted by Gasteiger charge is -2.49. The molecule has 2 heterocycles. The van der Waals surface area contributed by atoms with E-state index in [0.717, 1.165) is 32.3 Å². The van der Waals surface area contributed by atoms with Gasteiger partial charge in [0.15, 0.2) is 0 Å². The highest BCUT2D eigenvalue weighted by molar-refractivity contribution is 6.01. The largest absolute Gasteiger partial charge is 0.378 e. The summed E-state index contributed by atoms with van der Waals surface area (Å²) in [5.41, 5.74) is -1.54. The molecule has 0 aliphatic carbocycles. The third-order valence-electron chi connectivity index (χ3n) is 4.91. The van der Waals surface area contributed by atoms with Crippen molar-refractivity contribution < 1.29 is 14.3 Å². The lowest BCUT2D eigenvalue weighted by molar-refractivity contribution is -0.161. The molecular formula is C16H28N2O3. The zero-order valence-electron chi connectivity index (χ0n) is 13.7. The maximum Gasteiger partial charge on any atom is 0.248 e. The van der Waals surface area contributed by atoms with E-state index in [0.29, 0.717) is 19.1 Å². The molecule has 5 nitrogen and oxygen atoms in total. The topological polar surface area (TPSA) is 58.6 Å². The minimum atomic E-state index is -0.810. The number of amides is 2. The fraction of sp³-hybridized carbons (Fsp3) is 0.875. The highest BCUT2D eigenvalue weighted by Gasteiger charge is 2.51. The van der Waals surface area contributed by atoms with E-state index in [2.05, 4.69) is 5.32 Å². The number of carbonyl (C=O) groups excluding carboxylic acids is 2. The normalized spacial score (nSPS) is 32.4. The van der Waals surface area contributed by atoms with Crippen molar-refractivity contribution >= 4 is 11.8 Å².